The number of ether oxygens (including phenoxy) is 1. The molecule has 276 valence electrons. The van der Waals surface area contributed by atoms with Crippen molar-refractivity contribution in [2.24, 2.45) is 5.92 Å². The zero-order valence-corrected chi connectivity index (χ0v) is 29.4. The summed E-state index contributed by atoms with van der Waals surface area (Å²) in [5, 5.41) is 36.5. The molecule has 0 radical (unpaired) electrons. The first-order chi connectivity index (χ1) is 24.9. The number of aromatic nitrogens is 1. The van der Waals surface area contributed by atoms with Crippen LogP contribution >= 0.6 is 11.6 Å². The molecule has 2 aromatic carbocycles. The standard InChI is InChI=1S/C38H41ClF2N4O7/c1-19-4-3-5-29(45-13-11-23(17-32(45)48)33-26(40)9-8-25(39)34(33)41)28-16-22(10-12-42-28)24-7-6-21(14-27(24)44-38(19)51)15-30-35(43-20(2)47)37(50)36(49)31(18-46)52-30/h6-10,12,14,16-17,19,29-31,35-37,46,49-50H,3-5,11,13,15,18H2,1-2H3,(H,43,47)(H,44,51)/t19-,29+,30?,31-,35-,36-,37-/m1/s1. The Labute approximate surface area is 304 Å². The van der Waals surface area contributed by atoms with E-state index in [1.807, 2.05) is 25.1 Å². The topological polar surface area (TPSA) is 161 Å². The number of aliphatic hydroxyl groups is 3. The number of pyridine rings is 1. The lowest BCUT2D eigenvalue weighted by molar-refractivity contribution is -0.194. The van der Waals surface area contributed by atoms with Crippen molar-refractivity contribution >= 4 is 40.6 Å². The Morgan fingerprint density at radius 1 is 1.10 bits per heavy atom. The first-order valence-electron chi connectivity index (χ1n) is 17.3. The van der Waals surface area contributed by atoms with Crippen LogP contribution in [0.2, 0.25) is 5.02 Å². The van der Waals surface area contributed by atoms with Crippen LogP contribution in [0, 0.1) is 17.6 Å². The van der Waals surface area contributed by atoms with Gasteiger partial charge in [0.15, 0.2) is 5.82 Å². The highest BCUT2D eigenvalue weighted by Gasteiger charge is 2.44. The van der Waals surface area contributed by atoms with E-state index in [2.05, 4.69) is 15.6 Å². The van der Waals surface area contributed by atoms with Crippen molar-refractivity contribution in [3.05, 3.63) is 88.2 Å². The number of nitrogens with zero attached hydrogens (tertiary/aromatic N) is 2. The quantitative estimate of drug-likeness (QED) is 0.234. The number of nitrogens with one attached hydrogen (secondary N) is 2. The normalized spacial score (nSPS) is 26.7. The maximum absolute atomic E-state index is 14.8. The minimum atomic E-state index is -1.41. The lowest BCUT2D eigenvalue weighted by atomic mass is 9.88. The number of hydrogen-bond donors (Lipinski definition) is 5. The zero-order valence-electron chi connectivity index (χ0n) is 28.7. The number of benzene rings is 2. The van der Waals surface area contributed by atoms with Gasteiger partial charge in [0.2, 0.25) is 17.7 Å². The lowest BCUT2D eigenvalue weighted by Gasteiger charge is -2.42. The van der Waals surface area contributed by atoms with Crippen LogP contribution in [0.25, 0.3) is 16.7 Å². The molecule has 0 aliphatic carbocycles. The molecule has 3 aromatic rings. The molecule has 52 heavy (non-hydrogen) atoms. The largest absolute Gasteiger partial charge is 0.394 e. The van der Waals surface area contributed by atoms with E-state index in [0.717, 1.165) is 17.7 Å². The van der Waals surface area contributed by atoms with Gasteiger partial charge in [-0.3, -0.25) is 19.4 Å². The minimum absolute atomic E-state index is 0.170. The molecule has 2 bridgehead atoms. The number of fused-ring (bicyclic) bond motifs is 4. The van der Waals surface area contributed by atoms with E-state index in [0.29, 0.717) is 41.8 Å². The monoisotopic (exact) mass is 738 g/mol. The van der Waals surface area contributed by atoms with Crippen molar-refractivity contribution in [1.82, 2.24) is 15.2 Å². The van der Waals surface area contributed by atoms with Crippen LogP contribution in [0.3, 0.4) is 0 Å². The minimum Gasteiger partial charge on any atom is -0.394 e. The summed E-state index contributed by atoms with van der Waals surface area (Å²) >= 11 is 5.92. The van der Waals surface area contributed by atoms with Gasteiger partial charge in [-0.1, -0.05) is 37.1 Å². The molecule has 3 aliphatic rings. The second kappa shape index (κ2) is 15.8. The van der Waals surface area contributed by atoms with Gasteiger partial charge in [-0.15, -0.1) is 0 Å². The van der Waals surface area contributed by atoms with Gasteiger partial charge in [0, 0.05) is 49.3 Å². The summed E-state index contributed by atoms with van der Waals surface area (Å²) < 4.78 is 35.5. The van der Waals surface area contributed by atoms with Crippen molar-refractivity contribution in [2.75, 3.05) is 18.5 Å². The molecule has 14 heteroatoms. The molecule has 4 heterocycles. The Hall–Kier alpha value is -4.27. The highest BCUT2D eigenvalue weighted by molar-refractivity contribution is 6.31. The number of hydrogen-bond acceptors (Lipinski definition) is 8. The maximum atomic E-state index is 14.8. The Kier molecular flexibility index (Phi) is 11.4. The van der Waals surface area contributed by atoms with E-state index >= 15 is 0 Å². The molecule has 0 spiro atoms. The van der Waals surface area contributed by atoms with E-state index in [1.54, 1.807) is 23.2 Å². The van der Waals surface area contributed by atoms with Crippen molar-refractivity contribution in [3.63, 3.8) is 0 Å². The van der Waals surface area contributed by atoms with E-state index in [9.17, 15) is 38.5 Å². The molecule has 5 N–H and O–H groups in total. The fraction of sp³-hybridized carbons (Fsp3) is 0.421. The summed E-state index contributed by atoms with van der Waals surface area (Å²) in [7, 11) is 0. The molecule has 1 fully saturated rings. The van der Waals surface area contributed by atoms with Crippen molar-refractivity contribution < 1.29 is 43.2 Å². The Morgan fingerprint density at radius 2 is 1.88 bits per heavy atom. The van der Waals surface area contributed by atoms with Crippen molar-refractivity contribution in [2.45, 2.75) is 82.5 Å². The average Bonchev–Trinajstić information content (AvgIpc) is 3.11. The Morgan fingerprint density at radius 3 is 2.62 bits per heavy atom. The summed E-state index contributed by atoms with van der Waals surface area (Å²) in [5.74, 6) is -3.15. The number of aliphatic hydroxyl groups excluding tert-OH is 3. The molecular formula is C38H41ClF2N4O7. The van der Waals surface area contributed by atoms with Crippen molar-refractivity contribution in [3.8, 4) is 11.1 Å². The van der Waals surface area contributed by atoms with Crippen LogP contribution in [0.5, 0.6) is 0 Å². The van der Waals surface area contributed by atoms with Crippen LogP contribution in [0.4, 0.5) is 14.5 Å². The summed E-state index contributed by atoms with van der Waals surface area (Å²) in [6.45, 7) is 2.76. The summed E-state index contributed by atoms with van der Waals surface area (Å²) in [6, 6.07) is 9.87. The van der Waals surface area contributed by atoms with Crippen LogP contribution in [-0.2, 0) is 25.5 Å². The molecule has 0 saturated carbocycles. The fourth-order valence-corrected chi connectivity index (χ4v) is 7.49. The SMILES string of the molecule is CC(=O)N[C@@H]1C(Cc2ccc3c(c2)NC(=O)[C@H](C)CCC[C@H](N2CCC(c4c(F)ccc(Cl)c4F)=CC2=O)c2cc-3ccn2)O[C@H](CO)[C@@H](O)[C@@H]1O. The van der Waals surface area contributed by atoms with E-state index in [-0.39, 0.29) is 41.5 Å². The lowest BCUT2D eigenvalue weighted by Crippen LogP contribution is -2.64. The second-order valence-electron chi connectivity index (χ2n) is 13.7. The van der Waals surface area contributed by atoms with Gasteiger partial charge in [-0.25, -0.2) is 8.78 Å². The van der Waals surface area contributed by atoms with Crippen LogP contribution in [0.1, 0.15) is 62.4 Å². The molecule has 3 aliphatic heterocycles. The van der Waals surface area contributed by atoms with E-state index in [1.165, 1.54) is 13.0 Å². The predicted molar refractivity (Wildman–Crippen MR) is 189 cm³/mol. The smallest absolute Gasteiger partial charge is 0.247 e. The molecular weight excluding hydrogens is 698 g/mol. The first kappa shape index (κ1) is 37.5. The summed E-state index contributed by atoms with van der Waals surface area (Å²) in [5.41, 5.74) is 3.13. The number of amides is 3. The molecule has 1 saturated heterocycles. The number of halogens is 3. The van der Waals surface area contributed by atoms with Gasteiger partial charge >= 0.3 is 0 Å². The van der Waals surface area contributed by atoms with E-state index in [4.69, 9.17) is 16.3 Å². The summed E-state index contributed by atoms with van der Waals surface area (Å²) in [4.78, 5) is 45.4. The number of carbonyl (C=O) groups excluding carboxylic acids is 3. The van der Waals surface area contributed by atoms with Crippen molar-refractivity contribution in [1.29, 1.82) is 0 Å². The second-order valence-corrected chi connectivity index (χ2v) is 14.1. The van der Waals surface area contributed by atoms with Crippen LogP contribution in [0.15, 0.2) is 54.7 Å². The van der Waals surface area contributed by atoms with Crippen LogP contribution in [-0.4, -0.2) is 86.5 Å². The average molecular weight is 739 g/mol. The molecule has 7 atom stereocenters. The van der Waals surface area contributed by atoms with E-state index < -0.39 is 72.5 Å². The third kappa shape index (κ3) is 7.74. The predicted octanol–water partition coefficient (Wildman–Crippen LogP) is 4.32. The first-order valence-corrected chi connectivity index (χ1v) is 17.7. The zero-order chi connectivity index (χ0) is 37.3. The fourth-order valence-electron chi connectivity index (χ4n) is 7.34. The highest BCUT2D eigenvalue weighted by atomic mass is 35.5. The molecule has 1 aromatic heterocycles. The third-order valence-corrected chi connectivity index (χ3v) is 10.4. The Bertz CT molecular complexity index is 1890. The molecule has 3 amide bonds. The number of anilines is 1. The number of rotatable bonds is 6. The molecule has 1 unspecified atom stereocenters. The van der Waals surface area contributed by atoms with Gasteiger partial charge in [0.1, 0.15) is 24.1 Å². The molecule has 11 nitrogen and oxygen atoms in total. The Balaban J connectivity index is 1.33. The highest BCUT2D eigenvalue weighted by Crippen LogP contribution is 2.38. The van der Waals surface area contributed by atoms with Crippen LogP contribution < -0.4 is 10.6 Å². The number of carbonyl (C=O) groups is 3. The van der Waals surface area contributed by atoms with Gasteiger partial charge in [-0.2, -0.15) is 0 Å². The third-order valence-electron chi connectivity index (χ3n) is 10.1. The molecule has 6 rings (SSSR count). The maximum Gasteiger partial charge on any atom is 0.247 e. The van der Waals surface area contributed by atoms with Gasteiger partial charge in [-0.05, 0) is 66.3 Å². The van der Waals surface area contributed by atoms with Gasteiger partial charge < -0.3 is 35.6 Å². The summed E-state index contributed by atoms with van der Waals surface area (Å²) in [6.07, 6.45) is 0.175. The van der Waals surface area contributed by atoms with Gasteiger partial charge in [0.25, 0.3) is 0 Å². The van der Waals surface area contributed by atoms with Gasteiger partial charge in [0.05, 0.1) is 41.1 Å².